The van der Waals surface area contributed by atoms with Gasteiger partial charge in [-0.2, -0.15) is 8.78 Å². The first kappa shape index (κ1) is 21.1. The van der Waals surface area contributed by atoms with Gasteiger partial charge < -0.3 is 15.4 Å². The van der Waals surface area contributed by atoms with Crippen molar-refractivity contribution in [2.45, 2.75) is 19.7 Å². The van der Waals surface area contributed by atoms with Gasteiger partial charge in [0.25, 0.3) is 0 Å². The molecular weight excluding hydrogens is 515 g/mol. The maximum absolute atomic E-state index is 12.5. The van der Waals surface area contributed by atoms with E-state index in [9.17, 15) is 8.78 Å². The van der Waals surface area contributed by atoms with E-state index in [2.05, 4.69) is 36.3 Å². The van der Waals surface area contributed by atoms with Gasteiger partial charge in [-0.3, -0.25) is 4.99 Å². The lowest BCUT2D eigenvalue weighted by Crippen LogP contribution is -2.36. The molecular formula is C15H17BrF2IN3OS. The number of halogens is 4. The quantitative estimate of drug-likeness (QED) is 0.325. The van der Waals surface area contributed by atoms with Crippen LogP contribution in [0.4, 0.5) is 8.78 Å². The van der Waals surface area contributed by atoms with E-state index in [-0.39, 0.29) is 29.7 Å². The molecule has 0 aliphatic heterocycles. The van der Waals surface area contributed by atoms with Crippen molar-refractivity contribution in [3.05, 3.63) is 50.6 Å². The summed E-state index contributed by atoms with van der Waals surface area (Å²) in [5.41, 5.74) is 0.610. The van der Waals surface area contributed by atoms with Crippen LogP contribution in [0.25, 0.3) is 0 Å². The Kier molecular flexibility index (Phi) is 9.52. The Morgan fingerprint density at radius 1 is 1.29 bits per heavy atom. The van der Waals surface area contributed by atoms with E-state index in [1.807, 2.05) is 17.5 Å². The number of aliphatic imine (C=N–C) groups is 1. The lowest BCUT2D eigenvalue weighted by atomic mass is 10.2. The maximum Gasteiger partial charge on any atom is 0.387 e. The number of hydrogen-bond donors (Lipinski definition) is 2. The van der Waals surface area contributed by atoms with E-state index in [4.69, 9.17) is 0 Å². The van der Waals surface area contributed by atoms with Gasteiger partial charge in [-0.05, 0) is 29.6 Å². The van der Waals surface area contributed by atoms with E-state index in [0.717, 1.165) is 4.47 Å². The van der Waals surface area contributed by atoms with Crippen LogP contribution in [0.3, 0.4) is 0 Å². The van der Waals surface area contributed by atoms with E-state index >= 15 is 0 Å². The number of benzene rings is 1. The lowest BCUT2D eigenvalue weighted by molar-refractivity contribution is -0.0504. The minimum atomic E-state index is -2.86. The van der Waals surface area contributed by atoms with Crippen LogP contribution in [-0.4, -0.2) is 19.6 Å². The molecule has 2 aromatic rings. The molecule has 4 nitrogen and oxygen atoms in total. The van der Waals surface area contributed by atoms with Crippen molar-refractivity contribution in [2.24, 2.45) is 4.99 Å². The molecule has 0 fully saturated rings. The number of nitrogens with one attached hydrogen (secondary N) is 2. The molecule has 0 saturated carbocycles. The summed E-state index contributed by atoms with van der Waals surface area (Å²) in [5, 5.41) is 8.25. The summed E-state index contributed by atoms with van der Waals surface area (Å²) in [6.45, 7) is -1.90. The van der Waals surface area contributed by atoms with Crippen molar-refractivity contribution in [3.63, 3.8) is 0 Å². The molecule has 1 heterocycles. The van der Waals surface area contributed by atoms with E-state index in [1.54, 1.807) is 30.5 Å². The Labute approximate surface area is 168 Å². The summed E-state index contributed by atoms with van der Waals surface area (Å²) >= 11 is 4.97. The number of nitrogens with zero attached hydrogens (tertiary/aromatic N) is 1. The van der Waals surface area contributed by atoms with Crippen LogP contribution in [0.15, 0.2) is 45.2 Å². The van der Waals surface area contributed by atoms with E-state index < -0.39 is 6.61 Å². The molecule has 0 saturated heterocycles. The van der Waals surface area contributed by atoms with Gasteiger partial charge in [0.1, 0.15) is 5.75 Å². The second-order valence-corrected chi connectivity index (χ2v) is 6.44. The van der Waals surface area contributed by atoms with E-state index in [1.165, 1.54) is 10.9 Å². The first-order valence-corrected chi connectivity index (χ1v) is 8.46. The van der Waals surface area contributed by atoms with Crippen LogP contribution in [0.5, 0.6) is 5.75 Å². The van der Waals surface area contributed by atoms with Gasteiger partial charge in [-0.1, -0.05) is 22.0 Å². The van der Waals surface area contributed by atoms with Gasteiger partial charge in [0.2, 0.25) is 0 Å². The molecule has 2 N–H and O–H groups in total. The molecule has 0 amide bonds. The lowest BCUT2D eigenvalue weighted by Gasteiger charge is -2.14. The van der Waals surface area contributed by atoms with Gasteiger partial charge in [0.15, 0.2) is 5.96 Å². The largest absolute Gasteiger partial charge is 0.434 e. The summed E-state index contributed by atoms with van der Waals surface area (Å²) < 4.78 is 30.2. The van der Waals surface area contributed by atoms with Gasteiger partial charge in [0, 0.05) is 28.5 Å². The van der Waals surface area contributed by atoms with Crippen LogP contribution >= 0.6 is 51.2 Å². The van der Waals surface area contributed by atoms with Crippen LogP contribution in [-0.2, 0) is 13.1 Å². The normalized spacial score (nSPS) is 11.1. The SMILES string of the molecule is CN=C(NCc1cccs1)NCc1cc(Br)ccc1OC(F)F.I. The van der Waals surface area contributed by atoms with Crippen LogP contribution in [0.1, 0.15) is 10.4 Å². The summed E-state index contributed by atoms with van der Waals surface area (Å²) in [6, 6.07) is 8.90. The molecule has 24 heavy (non-hydrogen) atoms. The smallest absolute Gasteiger partial charge is 0.387 e. The third kappa shape index (κ3) is 6.89. The third-order valence-corrected chi connectivity index (χ3v) is 4.29. The Balaban J connectivity index is 0.00000288. The van der Waals surface area contributed by atoms with Crippen molar-refractivity contribution in [1.29, 1.82) is 0 Å². The first-order valence-electron chi connectivity index (χ1n) is 6.78. The summed E-state index contributed by atoms with van der Waals surface area (Å²) in [5.74, 6) is 0.728. The molecule has 0 atom stereocenters. The predicted octanol–water partition coefficient (Wildman–Crippen LogP) is 4.60. The number of thiophene rings is 1. The summed E-state index contributed by atoms with van der Waals surface area (Å²) in [6.07, 6.45) is 0. The molecule has 0 aliphatic rings. The van der Waals surface area contributed by atoms with Crippen molar-refractivity contribution in [2.75, 3.05) is 7.05 Å². The number of hydrogen-bond acceptors (Lipinski definition) is 3. The number of alkyl halides is 2. The molecule has 0 radical (unpaired) electrons. The molecule has 2 rings (SSSR count). The zero-order chi connectivity index (χ0) is 16.7. The number of guanidine groups is 1. The number of rotatable bonds is 6. The standard InChI is InChI=1S/C15H16BrF2N3OS.HI/c1-19-15(21-9-12-3-2-6-23-12)20-8-10-7-11(16)4-5-13(10)22-14(17)18;/h2-7,14H,8-9H2,1H3,(H2,19,20,21);1H. The molecule has 0 aliphatic carbocycles. The van der Waals surface area contributed by atoms with Crippen molar-refractivity contribution >= 4 is 57.2 Å². The minimum absolute atomic E-state index is 0. The third-order valence-electron chi connectivity index (χ3n) is 2.92. The van der Waals surface area contributed by atoms with Crippen LogP contribution in [0, 0.1) is 0 Å². The molecule has 132 valence electrons. The number of ether oxygens (including phenoxy) is 1. The highest BCUT2D eigenvalue weighted by Gasteiger charge is 2.10. The average molecular weight is 532 g/mol. The first-order chi connectivity index (χ1) is 11.1. The molecule has 9 heteroatoms. The molecule has 0 unspecified atom stereocenters. The monoisotopic (exact) mass is 531 g/mol. The van der Waals surface area contributed by atoms with Crippen molar-refractivity contribution in [3.8, 4) is 5.75 Å². The van der Waals surface area contributed by atoms with Gasteiger partial charge >= 0.3 is 6.61 Å². The predicted molar refractivity (Wildman–Crippen MR) is 108 cm³/mol. The topological polar surface area (TPSA) is 45.7 Å². The second kappa shape index (κ2) is 10.8. The van der Waals surface area contributed by atoms with Gasteiger partial charge in [-0.15, -0.1) is 35.3 Å². The molecule has 0 bridgehead atoms. The molecule has 1 aromatic carbocycles. The van der Waals surface area contributed by atoms with Crippen molar-refractivity contribution < 1.29 is 13.5 Å². The molecule has 0 spiro atoms. The second-order valence-electron chi connectivity index (χ2n) is 4.49. The zero-order valence-electron chi connectivity index (χ0n) is 12.8. The van der Waals surface area contributed by atoms with Crippen molar-refractivity contribution in [1.82, 2.24) is 10.6 Å². The Morgan fingerprint density at radius 2 is 2.04 bits per heavy atom. The maximum atomic E-state index is 12.5. The van der Waals surface area contributed by atoms with Crippen LogP contribution in [0.2, 0.25) is 0 Å². The van der Waals surface area contributed by atoms with Gasteiger partial charge in [-0.25, -0.2) is 0 Å². The summed E-state index contributed by atoms with van der Waals surface area (Å²) in [7, 11) is 1.65. The van der Waals surface area contributed by atoms with Gasteiger partial charge in [0.05, 0.1) is 6.54 Å². The highest BCUT2D eigenvalue weighted by molar-refractivity contribution is 14.0. The average Bonchev–Trinajstić information content (AvgIpc) is 3.03. The Bertz CT molecular complexity index is 656. The van der Waals surface area contributed by atoms with E-state index in [0.29, 0.717) is 24.6 Å². The Hall–Kier alpha value is -0.940. The highest BCUT2D eigenvalue weighted by atomic mass is 127. The Morgan fingerprint density at radius 3 is 2.67 bits per heavy atom. The molecule has 1 aromatic heterocycles. The fourth-order valence-corrected chi connectivity index (χ4v) is 2.93. The zero-order valence-corrected chi connectivity index (χ0v) is 17.5. The fourth-order valence-electron chi connectivity index (χ4n) is 1.88. The minimum Gasteiger partial charge on any atom is -0.434 e. The van der Waals surface area contributed by atoms with Crippen LogP contribution < -0.4 is 15.4 Å². The summed E-state index contributed by atoms with van der Waals surface area (Å²) in [4.78, 5) is 5.29. The highest BCUT2D eigenvalue weighted by Crippen LogP contribution is 2.24. The fraction of sp³-hybridized carbons (Fsp3) is 0.267.